The monoisotopic (exact) mass is 310 g/mol. The Morgan fingerprint density at radius 2 is 1.45 bits per heavy atom. The largest absolute Gasteiger partial charge is 0.494 e. The lowest BCUT2D eigenvalue weighted by molar-refractivity contribution is 0.391. The summed E-state index contributed by atoms with van der Waals surface area (Å²) in [6.07, 6.45) is 1.95. The zero-order valence-corrected chi connectivity index (χ0v) is 11.9. The van der Waals surface area contributed by atoms with Crippen molar-refractivity contribution in [3.8, 4) is 17.4 Å². The molecule has 0 spiro atoms. The lowest BCUT2D eigenvalue weighted by Gasteiger charge is -2.11. The molecule has 3 N–H and O–H groups in total. The van der Waals surface area contributed by atoms with E-state index in [4.69, 9.17) is 23.2 Å². The van der Waals surface area contributed by atoms with Crippen molar-refractivity contribution in [1.82, 2.24) is 9.88 Å². The van der Waals surface area contributed by atoms with Crippen LogP contribution in [0.2, 0.25) is 10.0 Å². The summed E-state index contributed by atoms with van der Waals surface area (Å²) < 4.78 is 1.41. The smallest absolute Gasteiger partial charge is 0.203 e. The minimum Gasteiger partial charge on any atom is -0.494 e. The molecule has 1 fully saturated rings. The Hall–Kier alpha value is -1.36. The Labute approximate surface area is 125 Å². The molecule has 2 aliphatic heterocycles. The van der Waals surface area contributed by atoms with E-state index in [2.05, 4.69) is 5.32 Å². The highest BCUT2D eigenvalue weighted by atomic mass is 35.5. The van der Waals surface area contributed by atoms with E-state index in [1.54, 1.807) is 18.2 Å². The zero-order valence-electron chi connectivity index (χ0n) is 10.4. The van der Waals surface area contributed by atoms with Gasteiger partial charge in [-0.3, -0.25) is 4.57 Å². The van der Waals surface area contributed by atoms with Crippen molar-refractivity contribution in [3.05, 3.63) is 39.4 Å². The summed E-state index contributed by atoms with van der Waals surface area (Å²) in [6, 6.07) is 5.19. The van der Waals surface area contributed by atoms with Gasteiger partial charge in [0.1, 0.15) is 0 Å². The van der Waals surface area contributed by atoms with Crippen LogP contribution in [-0.4, -0.2) is 14.8 Å². The maximum atomic E-state index is 10.5. The van der Waals surface area contributed by atoms with E-state index in [0.29, 0.717) is 15.7 Å². The van der Waals surface area contributed by atoms with Gasteiger partial charge in [0.25, 0.3) is 0 Å². The molecule has 2 unspecified atom stereocenters. The average Bonchev–Trinajstić information content (AvgIpc) is 3.02. The maximum Gasteiger partial charge on any atom is 0.203 e. The van der Waals surface area contributed by atoms with Gasteiger partial charge < -0.3 is 15.5 Å². The highest BCUT2D eigenvalue weighted by molar-refractivity contribution is 6.34. The van der Waals surface area contributed by atoms with Crippen molar-refractivity contribution >= 4 is 23.2 Å². The normalized spacial score (nSPS) is 23.3. The molecule has 104 valence electrons. The third-order valence-corrected chi connectivity index (χ3v) is 4.58. The molecular weight excluding hydrogens is 299 g/mol. The van der Waals surface area contributed by atoms with Crippen molar-refractivity contribution in [3.63, 3.8) is 0 Å². The average molecular weight is 311 g/mol. The summed E-state index contributed by atoms with van der Waals surface area (Å²) in [7, 11) is 0. The van der Waals surface area contributed by atoms with E-state index in [1.165, 1.54) is 4.57 Å². The molecule has 0 amide bonds. The lowest BCUT2D eigenvalue weighted by atomic mass is 9.95. The van der Waals surface area contributed by atoms with Crippen molar-refractivity contribution in [2.75, 3.05) is 0 Å². The highest BCUT2D eigenvalue weighted by Crippen LogP contribution is 2.54. The predicted octanol–water partition coefficient (Wildman–Crippen LogP) is 3.67. The third-order valence-electron chi connectivity index (χ3n) is 4.14. The van der Waals surface area contributed by atoms with Crippen LogP contribution in [0.4, 0.5) is 0 Å². The zero-order chi connectivity index (χ0) is 14.0. The Kier molecular flexibility index (Phi) is 2.52. The van der Waals surface area contributed by atoms with E-state index in [9.17, 15) is 10.2 Å². The van der Waals surface area contributed by atoms with Crippen LogP contribution in [0.25, 0.3) is 5.69 Å². The quantitative estimate of drug-likeness (QED) is 0.753. The molecule has 6 heteroatoms. The molecule has 3 heterocycles. The van der Waals surface area contributed by atoms with Crippen molar-refractivity contribution < 1.29 is 10.2 Å². The Morgan fingerprint density at radius 3 is 1.95 bits per heavy atom. The summed E-state index contributed by atoms with van der Waals surface area (Å²) in [4.78, 5) is 0. The Bertz CT molecular complexity index is 673. The fraction of sp³-hybridized carbons (Fsp3) is 0.286. The second kappa shape index (κ2) is 4.07. The van der Waals surface area contributed by atoms with Crippen LogP contribution < -0.4 is 5.32 Å². The van der Waals surface area contributed by atoms with Crippen molar-refractivity contribution in [2.45, 2.75) is 24.9 Å². The number of halogens is 2. The highest BCUT2D eigenvalue weighted by Gasteiger charge is 2.43. The lowest BCUT2D eigenvalue weighted by Crippen LogP contribution is -2.08. The standard InChI is InChI=1S/C14H12Cl2N2O2/c15-6-3-7(16)5-8(4-6)18-13(19)11-9-1-2-10(17-9)12(11)14(18)20/h3-5,9-10,17,19-20H,1-2H2. The van der Waals surface area contributed by atoms with Crippen LogP contribution in [-0.2, 0) is 0 Å². The minimum absolute atomic E-state index is 0.0653. The minimum atomic E-state index is 0.0653. The van der Waals surface area contributed by atoms with Gasteiger partial charge in [-0.25, -0.2) is 0 Å². The molecule has 1 saturated heterocycles. The van der Waals surface area contributed by atoms with Gasteiger partial charge in [-0.2, -0.15) is 0 Å². The van der Waals surface area contributed by atoms with Gasteiger partial charge in [0.15, 0.2) is 0 Å². The van der Waals surface area contributed by atoms with E-state index < -0.39 is 0 Å². The molecule has 0 saturated carbocycles. The van der Waals surface area contributed by atoms with Crippen LogP contribution in [0.1, 0.15) is 36.1 Å². The van der Waals surface area contributed by atoms with Gasteiger partial charge in [0.05, 0.1) is 5.69 Å². The molecule has 4 nitrogen and oxygen atoms in total. The first-order valence-electron chi connectivity index (χ1n) is 6.45. The van der Waals surface area contributed by atoms with Gasteiger partial charge >= 0.3 is 0 Å². The van der Waals surface area contributed by atoms with Gasteiger partial charge in [-0.15, -0.1) is 0 Å². The van der Waals surface area contributed by atoms with E-state index >= 15 is 0 Å². The molecule has 2 atom stereocenters. The van der Waals surface area contributed by atoms with Crippen LogP contribution in [0, 0.1) is 0 Å². The number of fused-ring (bicyclic) bond motifs is 5. The topological polar surface area (TPSA) is 57.4 Å². The number of nitrogens with one attached hydrogen (secondary N) is 1. The summed E-state index contributed by atoms with van der Waals surface area (Å²) in [6.45, 7) is 0. The maximum absolute atomic E-state index is 10.5. The molecule has 20 heavy (non-hydrogen) atoms. The summed E-state index contributed by atoms with van der Waals surface area (Å²) in [5.74, 6) is 0.131. The fourth-order valence-corrected chi connectivity index (χ4v) is 3.89. The van der Waals surface area contributed by atoms with Crippen molar-refractivity contribution in [1.29, 1.82) is 0 Å². The van der Waals surface area contributed by atoms with E-state index in [1.807, 2.05) is 0 Å². The number of benzene rings is 1. The van der Waals surface area contributed by atoms with E-state index in [0.717, 1.165) is 24.0 Å². The Morgan fingerprint density at radius 1 is 0.950 bits per heavy atom. The van der Waals surface area contributed by atoms with Crippen LogP contribution in [0.15, 0.2) is 18.2 Å². The summed E-state index contributed by atoms with van der Waals surface area (Å²) in [5.41, 5.74) is 2.16. The first-order valence-corrected chi connectivity index (χ1v) is 7.21. The van der Waals surface area contributed by atoms with Gasteiger partial charge in [-0.1, -0.05) is 23.2 Å². The first kappa shape index (κ1) is 12.4. The van der Waals surface area contributed by atoms with Crippen molar-refractivity contribution in [2.24, 2.45) is 0 Å². The van der Waals surface area contributed by atoms with Gasteiger partial charge in [0, 0.05) is 33.3 Å². The number of aromatic hydroxyl groups is 2. The second-order valence-corrected chi connectivity index (χ2v) is 6.16. The second-order valence-electron chi connectivity index (χ2n) is 5.29. The van der Waals surface area contributed by atoms with E-state index in [-0.39, 0.29) is 23.8 Å². The summed E-state index contributed by atoms with van der Waals surface area (Å²) >= 11 is 12.0. The van der Waals surface area contributed by atoms with Gasteiger partial charge in [-0.05, 0) is 31.0 Å². The number of rotatable bonds is 1. The third kappa shape index (κ3) is 1.53. The molecule has 2 aromatic rings. The number of hydrogen-bond acceptors (Lipinski definition) is 3. The Balaban J connectivity index is 1.96. The van der Waals surface area contributed by atoms with Crippen LogP contribution in [0.5, 0.6) is 11.8 Å². The molecule has 2 bridgehead atoms. The van der Waals surface area contributed by atoms with Crippen LogP contribution in [0.3, 0.4) is 0 Å². The molecule has 4 rings (SSSR count). The number of aromatic nitrogens is 1. The molecule has 1 aromatic carbocycles. The fourth-order valence-electron chi connectivity index (χ4n) is 3.38. The summed E-state index contributed by atoms with van der Waals surface area (Å²) in [5, 5.41) is 25.2. The van der Waals surface area contributed by atoms with Gasteiger partial charge in [0.2, 0.25) is 11.8 Å². The first-order chi connectivity index (χ1) is 9.56. The number of hydrogen-bond donors (Lipinski definition) is 3. The predicted molar refractivity (Wildman–Crippen MR) is 77.0 cm³/mol. The SMILES string of the molecule is Oc1c2c(c(O)n1-c1cc(Cl)cc(Cl)c1)C1CCC2N1. The molecule has 1 aromatic heterocycles. The van der Waals surface area contributed by atoms with Crippen LogP contribution >= 0.6 is 23.2 Å². The molecule has 0 aliphatic carbocycles. The molecule has 2 aliphatic rings. The molecular formula is C14H12Cl2N2O2. The molecule has 0 radical (unpaired) electrons. The number of nitrogens with zero attached hydrogens (tertiary/aromatic N) is 1.